The molecule has 108 valence electrons. The molecule has 1 amide bonds. The van der Waals surface area contributed by atoms with Gasteiger partial charge in [0.15, 0.2) is 0 Å². The van der Waals surface area contributed by atoms with Crippen LogP contribution in [0.4, 0.5) is 0 Å². The first kappa shape index (κ1) is 14.6. The number of aromatic amines is 1. The van der Waals surface area contributed by atoms with Crippen molar-refractivity contribution in [2.45, 2.75) is 32.9 Å². The molecule has 0 aliphatic rings. The molecule has 2 rings (SSSR count). The van der Waals surface area contributed by atoms with Gasteiger partial charge in [0.05, 0.1) is 6.10 Å². The van der Waals surface area contributed by atoms with E-state index in [0.29, 0.717) is 5.56 Å². The topological polar surface area (TPSA) is 91.1 Å². The number of benzene rings is 1. The zero-order valence-electron chi connectivity index (χ0n) is 12.0. The minimum Gasteiger partial charge on any atom is -0.392 e. The van der Waals surface area contributed by atoms with Crippen molar-refractivity contribution in [1.82, 2.24) is 10.3 Å². The number of carbonyl (C=O) groups is 1. The van der Waals surface area contributed by atoms with Gasteiger partial charge in [-0.1, -0.05) is 0 Å². The summed E-state index contributed by atoms with van der Waals surface area (Å²) >= 11 is 0. The van der Waals surface area contributed by atoms with E-state index in [0.717, 1.165) is 22.2 Å². The lowest BCUT2D eigenvalue weighted by Crippen LogP contribution is -2.43. The second kappa shape index (κ2) is 5.64. The van der Waals surface area contributed by atoms with Gasteiger partial charge in [0.1, 0.15) is 0 Å². The normalized spacial score (nSPS) is 14.2. The number of carbonyl (C=O) groups excluding carboxylic acids is 1. The van der Waals surface area contributed by atoms with Gasteiger partial charge in [-0.05, 0) is 44.5 Å². The Labute approximate surface area is 118 Å². The summed E-state index contributed by atoms with van der Waals surface area (Å²) in [6.45, 7) is 5.89. The van der Waals surface area contributed by atoms with Crippen LogP contribution in [-0.4, -0.2) is 34.7 Å². The van der Waals surface area contributed by atoms with Gasteiger partial charge in [0.2, 0.25) is 0 Å². The van der Waals surface area contributed by atoms with Gasteiger partial charge in [-0.25, -0.2) is 0 Å². The molecular weight excluding hydrogens is 254 g/mol. The first-order chi connectivity index (χ1) is 9.40. The molecular formula is C15H21N3O2. The molecule has 0 spiro atoms. The Kier molecular flexibility index (Phi) is 4.11. The van der Waals surface area contributed by atoms with Crippen molar-refractivity contribution < 1.29 is 9.90 Å². The smallest absolute Gasteiger partial charge is 0.251 e. The van der Waals surface area contributed by atoms with E-state index in [4.69, 9.17) is 5.73 Å². The predicted molar refractivity (Wildman–Crippen MR) is 79.8 cm³/mol. The molecule has 1 heterocycles. The maximum Gasteiger partial charge on any atom is 0.251 e. The van der Waals surface area contributed by atoms with Crippen molar-refractivity contribution in [3.05, 3.63) is 35.0 Å². The fourth-order valence-corrected chi connectivity index (χ4v) is 2.09. The molecule has 1 aromatic heterocycles. The summed E-state index contributed by atoms with van der Waals surface area (Å²) in [6, 6.07) is 5.09. The number of H-pyrrole nitrogens is 1. The number of aliphatic hydroxyl groups is 1. The zero-order valence-corrected chi connectivity index (χ0v) is 12.0. The molecule has 2 aromatic rings. The number of hydrogen-bond acceptors (Lipinski definition) is 3. The van der Waals surface area contributed by atoms with E-state index in [2.05, 4.69) is 10.3 Å². The number of aryl methyl sites for hydroxylation is 2. The van der Waals surface area contributed by atoms with Crippen molar-refractivity contribution >= 4 is 16.8 Å². The van der Waals surface area contributed by atoms with Crippen molar-refractivity contribution in [2.75, 3.05) is 6.54 Å². The molecule has 0 radical (unpaired) electrons. The predicted octanol–water partition coefficient (Wildman–Crippen LogP) is 1.22. The average molecular weight is 275 g/mol. The summed E-state index contributed by atoms with van der Waals surface area (Å²) in [7, 11) is 0. The Balaban J connectivity index is 2.16. The van der Waals surface area contributed by atoms with Crippen molar-refractivity contribution in [2.24, 2.45) is 5.73 Å². The molecule has 5 heteroatoms. The highest BCUT2D eigenvalue weighted by atomic mass is 16.3. The van der Waals surface area contributed by atoms with Gasteiger partial charge in [-0.15, -0.1) is 0 Å². The molecule has 20 heavy (non-hydrogen) atoms. The highest BCUT2D eigenvalue weighted by Crippen LogP contribution is 2.22. The minimum absolute atomic E-state index is 0.179. The Hall–Kier alpha value is -1.85. The number of rotatable bonds is 4. The van der Waals surface area contributed by atoms with Crippen molar-refractivity contribution in [3.63, 3.8) is 0 Å². The van der Waals surface area contributed by atoms with Crippen LogP contribution in [0.2, 0.25) is 0 Å². The number of aliphatic hydroxyl groups excluding tert-OH is 1. The lowest BCUT2D eigenvalue weighted by atomic mass is 10.1. The zero-order chi connectivity index (χ0) is 14.9. The molecule has 0 aliphatic heterocycles. The van der Waals surface area contributed by atoms with Crippen LogP contribution in [0.3, 0.4) is 0 Å². The van der Waals surface area contributed by atoms with E-state index >= 15 is 0 Å². The molecule has 5 N–H and O–H groups in total. The first-order valence-corrected chi connectivity index (χ1v) is 6.71. The van der Waals surface area contributed by atoms with Gasteiger partial charge in [-0.3, -0.25) is 4.79 Å². The Morgan fingerprint density at radius 2 is 2.15 bits per heavy atom. The van der Waals surface area contributed by atoms with Crippen LogP contribution in [0.15, 0.2) is 18.2 Å². The van der Waals surface area contributed by atoms with Crippen LogP contribution in [-0.2, 0) is 0 Å². The summed E-state index contributed by atoms with van der Waals surface area (Å²) in [5.41, 5.74) is 9.56. The third-order valence-electron chi connectivity index (χ3n) is 3.69. The highest BCUT2D eigenvalue weighted by molar-refractivity contribution is 5.99. The third kappa shape index (κ3) is 2.84. The first-order valence-electron chi connectivity index (χ1n) is 6.71. The molecule has 0 saturated heterocycles. The minimum atomic E-state index is -0.646. The van der Waals surface area contributed by atoms with Crippen LogP contribution in [0.25, 0.3) is 10.9 Å². The molecule has 0 aliphatic carbocycles. The van der Waals surface area contributed by atoms with Gasteiger partial charge < -0.3 is 21.1 Å². The maximum atomic E-state index is 12.1. The molecule has 2 unspecified atom stereocenters. The van der Waals surface area contributed by atoms with Crippen LogP contribution >= 0.6 is 0 Å². The van der Waals surface area contributed by atoms with Crippen LogP contribution in [0.5, 0.6) is 0 Å². The fourth-order valence-electron chi connectivity index (χ4n) is 2.09. The number of hydrogen-bond donors (Lipinski definition) is 4. The van der Waals surface area contributed by atoms with Gasteiger partial charge in [0.25, 0.3) is 5.91 Å². The fraction of sp³-hybridized carbons (Fsp3) is 0.400. The van der Waals surface area contributed by atoms with Crippen LogP contribution in [0, 0.1) is 13.8 Å². The molecule has 0 saturated carbocycles. The van der Waals surface area contributed by atoms with E-state index in [-0.39, 0.29) is 12.5 Å². The average Bonchev–Trinajstić information content (AvgIpc) is 2.70. The lowest BCUT2D eigenvalue weighted by molar-refractivity contribution is 0.0937. The highest BCUT2D eigenvalue weighted by Gasteiger charge is 2.13. The number of amides is 1. The van der Waals surface area contributed by atoms with Crippen LogP contribution in [0.1, 0.15) is 28.5 Å². The summed E-state index contributed by atoms with van der Waals surface area (Å²) in [4.78, 5) is 15.3. The van der Waals surface area contributed by atoms with Crippen molar-refractivity contribution in [3.8, 4) is 0 Å². The summed E-state index contributed by atoms with van der Waals surface area (Å²) in [5, 5.41) is 13.1. The Bertz CT molecular complexity index is 631. The Morgan fingerprint density at radius 1 is 1.45 bits per heavy atom. The van der Waals surface area contributed by atoms with Gasteiger partial charge in [-0.2, -0.15) is 0 Å². The largest absolute Gasteiger partial charge is 0.392 e. The second-order valence-electron chi connectivity index (χ2n) is 5.25. The monoisotopic (exact) mass is 275 g/mol. The summed E-state index contributed by atoms with van der Waals surface area (Å²) < 4.78 is 0. The molecule has 2 atom stereocenters. The number of nitrogens with two attached hydrogens (primary N) is 1. The molecule has 0 bridgehead atoms. The van der Waals surface area contributed by atoms with Crippen molar-refractivity contribution in [1.29, 1.82) is 0 Å². The van der Waals surface area contributed by atoms with Gasteiger partial charge >= 0.3 is 0 Å². The standard InChI is InChI=1S/C15H21N3O2/c1-8-9(2)18-14-5-4-11(6-12(8)14)15(20)17-7-13(16)10(3)19/h4-6,10,13,18-19H,7,16H2,1-3H3,(H,17,20). The van der Waals surface area contributed by atoms with Crippen LogP contribution < -0.4 is 11.1 Å². The molecule has 1 aromatic carbocycles. The summed E-state index contributed by atoms with van der Waals surface area (Å²) in [6.07, 6.45) is -0.646. The summed E-state index contributed by atoms with van der Waals surface area (Å²) in [5.74, 6) is -0.179. The number of nitrogens with one attached hydrogen (secondary N) is 2. The van der Waals surface area contributed by atoms with E-state index in [1.807, 2.05) is 26.0 Å². The second-order valence-corrected chi connectivity index (χ2v) is 5.25. The van der Waals surface area contributed by atoms with Gasteiger partial charge in [0, 0.05) is 34.7 Å². The maximum absolute atomic E-state index is 12.1. The van der Waals surface area contributed by atoms with E-state index in [9.17, 15) is 9.90 Å². The number of fused-ring (bicyclic) bond motifs is 1. The Morgan fingerprint density at radius 3 is 2.80 bits per heavy atom. The SMILES string of the molecule is Cc1[nH]c2ccc(C(=O)NCC(N)C(C)O)cc2c1C. The molecule has 5 nitrogen and oxygen atoms in total. The number of aromatic nitrogens is 1. The lowest BCUT2D eigenvalue weighted by Gasteiger charge is -2.15. The van der Waals surface area contributed by atoms with E-state index in [1.54, 1.807) is 13.0 Å². The van der Waals surface area contributed by atoms with E-state index < -0.39 is 12.1 Å². The quantitative estimate of drug-likeness (QED) is 0.676. The van der Waals surface area contributed by atoms with E-state index in [1.165, 1.54) is 0 Å². The molecule has 0 fully saturated rings. The third-order valence-corrected chi connectivity index (χ3v) is 3.69.